The summed E-state index contributed by atoms with van der Waals surface area (Å²) in [6.07, 6.45) is -3.80. The number of nitrogens with two attached hydrogens (primary N) is 3. The Morgan fingerprint density at radius 1 is 1.11 bits per heavy atom. The first-order valence-electron chi connectivity index (χ1n) is 7.86. The van der Waals surface area contributed by atoms with Gasteiger partial charge < -0.3 is 27.0 Å². The number of primary amides is 1. The maximum Gasteiger partial charge on any atom is 0.490 e. The van der Waals surface area contributed by atoms with Gasteiger partial charge in [0.25, 0.3) is 0 Å². The fourth-order valence-corrected chi connectivity index (χ4v) is 1.88. The van der Waals surface area contributed by atoms with Crippen LogP contribution in [0.25, 0.3) is 0 Å². The molecule has 0 aliphatic carbocycles. The standard InChI is InChI=1S/C14H20ClN3O3.C2HF3O2/c15-10-5-2-1-4-9(10)8-21-14(20)12(17)7-3-6-11(16)13(18)19;3-2(4,5)1(6)7/h1-2,4-5,11-12H,3,6-8,16-17H2,(H2,18,19);(H,6,7)/t11-,12?;/m0./s1. The number of ether oxygens (including phenoxy) is 1. The lowest BCUT2D eigenvalue weighted by molar-refractivity contribution is -0.192. The van der Waals surface area contributed by atoms with E-state index in [1.807, 2.05) is 0 Å². The summed E-state index contributed by atoms with van der Waals surface area (Å²) in [6, 6.07) is 5.62. The zero-order valence-electron chi connectivity index (χ0n) is 14.6. The lowest BCUT2D eigenvalue weighted by atomic mass is 10.1. The van der Waals surface area contributed by atoms with E-state index in [1.54, 1.807) is 24.3 Å². The molecule has 0 aliphatic rings. The molecule has 1 unspecified atom stereocenters. The van der Waals surface area contributed by atoms with Gasteiger partial charge >= 0.3 is 18.1 Å². The number of carbonyl (C=O) groups is 3. The van der Waals surface area contributed by atoms with Gasteiger partial charge in [-0.15, -0.1) is 0 Å². The van der Waals surface area contributed by atoms with Crippen LogP contribution in [-0.2, 0) is 25.7 Å². The summed E-state index contributed by atoms with van der Waals surface area (Å²) in [6.45, 7) is 0.0764. The van der Waals surface area contributed by atoms with Crippen molar-refractivity contribution in [2.45, 2.75) is 44.1 Å². The smallest absolute Gasteiger partial charge is 0.475 e. The van der Waals surface area contributed by atoms with Gasteiger partial charge in [-0.1, -0.05) is 29.8 Å². The highest BCUT2D eigenvalue weighted by Gasteiger charge is 2.38. The van der Waals surface area contributed by atoms with E-state index in [0.29, 0.717) is 24.3 Å². The minimum atomic E-state index is -5.08. The highest BCUT2D eigenvalue weighted by atomic mass is 35.5. The SMILES string of the molecule is NC(=O)[C@@H](N)CCCC(N)C(=O)OCc1ccccc1Cl.O=C(O)C(F)(F)F. The van der Waals surface area contributed by atoms with E-state index in [4.69, 9.17) is 43.4 Å². The number of amides is 1. The van der Waals surface area contributed by atoms with E-state index in [9.17, 15) is 22.8 Å². The molecule has 1 amide bonds. The number of benzene rings is 1. The Hall–Kier alpha value is -2.37. The van der Waals surface area contributed by atoms with Gasteiger partial charge in [-0.3, -0.25) is 9.59 Å². The van der Waals surface area contributed by atoms with Crippen LogP contribution in [0.3, 0.4) is 0 Å². The van der Waals surface area contributed by atoms with Gasteiger partial charge in [-0.25, -0.2) is 4.79 Å². The van der Waals surface area contributed by atoms with Crippen LogP contribution in [0.2, 0.25) is 5.02 Å². The number of hydrogen-bond acceptors (Lipinski definition) is 6. The van der Waals surface area contributed by atoms with Crippen molar-refractivity contribution >= 4 is 29.4 Å². The third kappa shape index (κ3) is 10.7. The average Bonchev–Trinajstić information content (AvgIpc) is 2.60. The Kier molecular flexibility index (Phi) is 11.1. The van der Waals surface area contributed by atoms with Crippen molar-refractivity contribution in [3.63, 3.8) is 0 Å². The minimum Gasteiger partial charge on any atom is -0.475 e. The Morgan fingerprint density at radius 2 is 1.61 bits per heavy atom. The number of alkyl halides is 3. The molecular weight excluding hydrogens is 407 g/mol. The lowest BCUT2D eigenvalue weighted by Crippen LogP contribution is -2.37. The van der Waals surface area contributed by atoms with E-state index in [1.165, 1.54) is 0 Å². The molecule has 1 aromatic rings. The second-order valence-corrected chi connectivity index (χ2v) is 5.96. The number of carboxylic acids is 1. The Labute approximate surface area is 163 Å². The van der Waals surface area contributed by atoms with Gasteiger partial charge in [0.2, 0.25) is 5.91 Å². The van der Waals surface area contributed by atoms with Crippen molar-refractivity contribution in [2.75, 3.05) is 0 Å². The predicted molar refractivity (Wildman–Crippen MR) is 93.9 cm³/mol. The second-order valence-electron chi connectivity index (χ2n) is 5.55. The number of halogens is 4. The fourth-order valence-electron chi connectivity index (χ4n) is 1.69. The van der Waals surface area contributed by atoms with E-state index in [2.05, 4.69) is 0 Å². The average molecular weight is 428 g/mol. The first-order valence-corrected chi connectivity index (χ1v) is 8.24. The minimum absolute atomic E-state index is 0.0764. The zero-order chi connectivity index (χ0) is 21.9. The molecule has 0 saturated heterocycles. The second kappa shape index (κ2) is 12.2. The summed E-state index contributed by atoms with van der Waals surface area (Å²) in [5.74, 6) is -3.83. The Morgan fingerprint density at radius 3 is 2.07 bits per heavy atom. The number of carbonyl (C=O) groups excluding carboxylic acids is 2. The molecule has 0 fully saturated rings. The van der Waals surface area contributed by atoms with E-state index < -0.39 is 36.1 Å². The first kappa shape index (κ1) is 25.6. The maximum atomic E-state index is 11.7. The topological polar surface area (TPSA) is 159 Å². The van der Waals surface area contributed by atoms with Gasteiger partial charge in [0, 0.05) is 10.6 Å². The van der Waals surface area contributed by atoms with Crippen molar-refractivity contribution in [2.24, 2.45) is 17.2 Å². The van der Waals surface area contributed by atoms with E-state index >= 15 is 0 Å². The molecule has 0 aromatic heterocycles. The molecule has 158 valence electrons. The zero-order valence-corrected chi connectivity index (χ0v) is 15.4. The van der Waals surface area contributed by atoms with E-state index in [-0.39, 0.29) is 6.61 Å². The summed E-state index contributed by atoms with van der Waals surface area (Å²) < 4.78 is 36.8. The summed E-state index contributed by atoms with van der Waals surface area (Å²) >= 11 is 5.96. The molecule has 2 atom stereocenters. The highest BCUT2D eigenvalue weighted by molar-refractivity contribution is 6.31. The van der Waals surface area contributed by atoms with E-state index in [0.717, 1.165) is 5.56 Å². The molecule has 12 heteroatoms. The molecule has 7 N–H and O–H groups in total. The molecule has 0 bridgehead atoms. The van der Waals surface area contributed by atoms with Crippen molar-refractivity contribution in [1.82, 2.24) is 0 Å². The number of rotatable bonds is 8. The van der Waals surface area contributed by atoms with Crippen LogP contribution in [0.15, 0.2) is 24.3 Å². The molecular formula is C16H21ClF3N3O5. The summed E-state index contributed by atoms with van der Waals surface area (Å²) in [5.41, 5.74) is 17.0. The lowest BCUT2D eigenvalue weighted by Gasteiger charge is -2.13. The molecule has 0 heterocycles. The van der Waals surface area contributed by atoms with Gasteiger partial charge in [-0.2, -0.15) is 13.2 Å². The van der Waals surface area contributed by atoms with Crippen molar-refractivity contribution in [3.05, 3.63) is 34.9 Å². The molecule has 0 aliphatic heterocycles. The van der Waals surface area contributed by atoms with Gasteiger partial charge in [0.15, 0.2) is 0 Å². The number of aliphatic carboxylic acids is 1. The van der Waals surface area contributed by atoms with Gasteiger partial charge in [0.05, 0.1) is 6.04 Å². The molecule has 28 heavy (non-hydrogen) atoms. The molecule has 8 nitrogen and oxygen atoms in total. The number of hydrogen-bond donors (Lipinski definition) is 4. The normalized spacial score (nSPS) is 12.9. The van der Waals surface area contributed by atoms with Crippen LogP contribution < -0.4 is 17.2 Å². The number of carboxylic acid groups (broad SMARTS) is 1. The van der Waals surface area contributed by atoms with Crippen molar-refractivity contribution in [1.29, 1.82) is 0 Å². The quantitative estimate of drug-likeness (QED) is 0.455. The Balaban J connectivity index is 0.000000887. The van der Waals surface area contributed by atoms with Gasteiger partial charge in [-0.05, 0) is 25.3 Å². The van der Waals surface area contributed by atoms with Crippen molar-refractivity contribution < 1.29 is 37.4 Å². The molecule has 0 spiro atoms. The summed E-state index contributed by atoms with van der Waals surface area (Å²) in [4.78, 5) is 31.4. The Bertz CT molecular complexity index is 673. The van der Waals surface area contributed by atoms with Crippen LogP contribution >= 0.6 is 11.6 Å². The first-order chi connectivity index (χ1) is 12.9. The summed E-state index contributed by atoms with van der Waals surface area (Å²) in [7, 11) is 0. The van der Waals surface area contributed by atoms with Gasteiger partial charge in [0.1, 0.15) is 12.6 Å². The van der Waals surface area contributed by atoms with Crippen LogP contribution in [0.5, 0.6) is 0 Å². The maximum absolute atomic E-state index is 11.7. The fraction of sp³-hybridized carbons (Fsp3) is 0.438. The van der Waals surface area contributed by atoms with Crippen LogP contribution in [-0.4, -0.2) is 41.2 Å². The molecule has 0 saturated carbocycles. The highest BCUT2D eigenvalue weighted by Crippen LogP contribution is 2.16. The third-order valence-corrected chi connectivity index (χ3v) is 3.64. The molecule has 0 radical (unpaired) electrons. The molecule has 1 aromatic carbocycles. The van der Waals surface area contributed by atoms with Crippen molar-refractivity contribution in [3.8, 4) is 0 Å². The van der Waals surface area contributed by atoms with Crippen LogP contribution in [0.1, 0.15) is 24.8 Å². The largest absolute Gasteiger partial charge is 0.490 e. The summed E-state index contributed by atoms with van der Waals surface area (Å²) in [5, 5.41) is 7.66. The molecule has 1 rings (SSSR count). The van der Waals surface area contributed by atoms with Crippen LogP contribution in [0.4, 0.5) is 13.2 Å². The monoisotopic (exact) mass is 427 g/mol. The predicted octanol–water partition coefficient (Wildman–Crippen LogP) is 1.33. The third-order valence-electron chi connectivity index (χ3n) is 3.27. The van der Waals surface area contributed by atoms with Crippen LogP contribution in [0, 0.1) is 0 Å². The number of esters is 1.